The van der Waals surface area contributed by atoms with Crippen molar-refractivity contribution in [2.24, 2.45) is 5.41 Å². The van der Waals surface area contributed by atoms with Gasteiger partial charge in [0.15, 0.2) is 0 Å². The molecule has 136 valence electrons. The molecule has 0 N–H and O–H groups in total. The van der Waals surface area contributed by atoms with Gasteiger partial charge in [-0.25, -0.2) is 8.42 Å². The zero-order chi connectivity index (χ0) is 18.4. The minimum atomic E-state index is -3.63. The van der Waals surface area contributed by atoms with Gasteiger partial charge in [0.25, 0.3) is 0 Å². The Morgan fingerprint density at radius 3 is 2.15 bits per heavy atom. The fraction of sp³-hybridized carbons (Fsp3) is 0.316. The first kappa shape index (κ1) is 17.5. The lowest BCUT2D eigenvalue weighted by molar-refractivity contribution is -0.137. The van der Waals surface area contributed by atoms with E-state index in [4.69, 9.17) is 11.6 Å². The standard InChI is InChI=1S/C19H19ClN2O3S/c20-16-8-4-5-9-17(16)26(24,25)21-12-10-19(11-13-21)14-22(18(19)23)15-6-2-1-3-7-15/h1-9H,10-14H2. The van der Waals surface area contributed by atoms with E-state index in [1.807, 2.05) is 30.3 Å². The number of halogens is 1. The molecule has 2 fully saturated rings. The Morgan fingerprint density at radius 1 is 0.923 bits per heavy atom. The lowest BCUT2D eigenvalue weighted by atomic mass is 9.71. The number of piperidine rings is 1. The summed E-state index contributed by atoms with van der Waals surface area (Å²) in [7, 11) is -3.63. The summed E-state index contributed by atoms with van der Waals surface area (Å²) in [6.45, 7) is 1.32. The third kappa shape index (κ3) is 2.73. The summed E-state index contributed by atoms with van der Waals surface area (Å²) < 4.78 is 27.1. The Hall–Kier alpha value is -1.89. The molecule has 2 aromatic rings. The molecular formula is C19H19ClN2O3S. The fourth-order valence-corrected chi connectivity index (χ4v) is 5.71. The topological polar surface area (TPSA) is 57.7 Å². The molecule has 2 aromatic carbocycles. The van der Waals surface area contributed by atoms with Crippen LogP contribution in [0.3, 0.4) is 0 Å². The van der Waals surface area contributed by atoms with Crippen molar-refractivity contribution in [3.63, 3.8) is 0 Å². The second kappa shape index (κ2) is 6.37. The predicted molar refractivity (Wildman–Crippen MR) is 101 cm³/mol. The number of hydrogen-bond acceptors (Lipinski definition) is 3. The number of carbonyl (C=O) groups is 1. The molecule has 4 rings (SSSR count). The van der Waals surface area contributed by atoms with Crippen molar-refractivity contribution in [1.82, 2.24) is 4.31 Å². The average Bonchev–Trinajstić information content (AvgIpc) is 2.67. The third-order valence-electron chi connectivity index (χ3n) is 5.36. The lowest BCUT2D eigenvalue weighted by Gasteiger charge is -2.52. The van der Waals surface area contributed by atoms with Crippen molar-refractivity contribution in [3.8, 4) is 0 Å². The van der Waals surface area contributed by atoms with Gasteiger partial charge in [0.2, 0.25) is 15.9 Å². The van der Waals surface area contributed by atoms with Crippen molar-refractivity contribution < 1.29 is 13.2 Å². The summed E-state index contributed by atoms with van der Waals surface area (Å²) in [5.74, 6) is 0.0958. The Balaban J connectivity index is 1.47. The molecule has 0 saturated carbocycles. The Labute approximate surface area is 158 Å². The van der Waals surface area contributed by atoms with E-state index in [1.54, 1.807) is 23.1 Å². The van der Waals surface area contributed by atoms with Crippen LogP contribution in [0.1, 0.15) is 12.8 Å². The maximum absolute atomic E-state index is 12.8. The SMILES string of the molecule is O=C1N(c2ccccc2)CC12CCN(S(=O)(=O)c1ccccc1Cl)CC2. The maximum Gasteiger partial charge on any atom is 0.244 e. The van der Waals surface area contributed by atoms with Gasteiger partial charge in [0.05, 0.1) is 10.4 Å². The number of hydrogen-bond donors (Lipinski definition) is 0. The number of carbonyl (C=O) groups excluding carboxylic acids is 1. The normalized spacial score (nSPS) is 20.2. The third-order valence-corrected chi connectivity index (χ3v) is 7.76. The van der Waals surface area contributed by atoms with Crippen LogP contribution in [0.4, 0.5) is 5.69 Å². The van der Waals surface area contributed by atoms with Gasteiger partial charge in [-0.1, -0.05) is 41.9 Å². The van der Waals surface area contributed by atoms with E-state index in [-0.39, 0.29) is 15.8 Å². The van der Waals surface area contributed by atoms with Crippen molar-refractivity contribution in [1.29, 1.82) is 0 Å². The minimum Gasteiger partial charge on any atom is -0.311 e. The monoisotopic (exact) mass is 390 g/mol. The average molecular weight is 391 g/mol. The molecule has 2 heterocycles. The first-order valence-electron chi connectivity index (χ1n) is 8.56. The summed E-state index contributed by atoms with van der Waals surface area (Å²) in [4.78, 5) is 14.7. The molecule has 0 aliphatic carbocycles. The van der Waals surface area contributed by atoms with Crippen LogP contribution in [0.5, 0.6) is 0 Å². The summed E-state index contributed by atoms with van der Waals surface area (Å²) >= 11 is 6.07. The molecule has 0 atom stereocenters. The highest BCUT2D eigenvalue weighted by Gasteiger charge is 2.54. The smallest absolute Gasteiger partial charge is 0.244 e. The summed E-state index contributed by atoms with van der Waals surface area (Å²) in [5, 5.41) is 0.225. The van der Waals surface area contributed by atoms with Crippen LogP contribution in [0.2, 0.25) is 5.02 Å². The molecule has 2 aliphatic rings. The molecule has 5 nitrogen and oxygen atoms in total. The minimum absolute atomic E-state index is 0.0958. The van der Waals surface area contributed by atoms with Crippen LogP contribution in [-0.2, 0) is 14.8 Å². The van der Waals surface area contributed by atoms with Gasteiger partial charge >= 0.3 is 0 Å². The largest absolute Gasteiger partial charge is 0.311 e. The van der Waals surface area contributed by atoms with Crippen molar-refractivity contribution in [2.45, 2.75) is 17.7 Å². The highest BCUT2D eigenvalue weighted by molar-refractivity contribution is 7.89. The van der Waals surface area contributed by atoms with E-state index < -0.39 is 15.4 Å². The highest BCUT2D eigenvalue weighted by atomic mass is 35.5. The Bertz CT molecular complexity index is 938. The summed E-state index contributed by atoms with van der Waals surface area (Å²) in [5.41, 5.74) is 0.469. The van der Waals surface area contributed by atoms with E-state index in [9.17, 15) is 13.2 Å². The second-order valence-corrected chi connectivity index (χ2v) is 9.16. The molecule has 2 aliphatic heterocycles. The molecule has 1 amide bonds. The molecule has 2 saturated heterocycles. The number of β-lactam (4-membered cyclic amide) rings is 1. The quantitative estimate of drug-likeness (QED) is 0.756. The van der Waals surface area contributed by atoms with Gasteiger partial charge in [-0.15, -0.1) is 0 Å². The number of rotatable bonds is 3. The van der Waals surface area contributed by atoms with Gasteiger partial charge in [-0.3, -0.25) is 4.79 Å². The van der Waals surface area contributed by atoms with Crippen LogP contribution >= 0.6 is 11.6 Å². The first-order chi connectivity index (χ1) is 12.4. The molecule has 1 spiro atoms. The summed E-state index contributed by atoms with van der Waals surface area (Å²) in [6.07, 6.45) is 1.08. The van der Waals surface area contributed by atoms with Crippen molar-refractivity contribution >= 4 is 33.2 Å². The van der Waals surface area contributed by atoms with Gasteiger partial charge < -0.3 is 4.90 Å². The van der Waals surface area contributed by atoms with Crippen molar-refractivity contribution in [3.05, 3.63) is 59.6 Å². The van der Waals surface area contributed by atoms with E-state index >= 15 is 0 Å². The molecule has 26 heavy (non-hydrogen) atoms. The second-order valence-electron chi connectivity index (χ2n) is 6.84. The van der Waals surface area contributed by atoms with Crippen molar-refractivity contribution in [2.75, 3.05) is 24.5 Å². The summed E-state index contributed by atoms with van der Waals surface area (Å²) in [6, 6.07) is 16.0. The van der Waals surface area contributed by atoms with Gasteiger partial charge in [-0.2, -0.15) is 4.31 Å². The molecule has 7 heteroatoms. The molecule has 0 radical (unpaired) electrons. The highest BCUT2D eigenvalue weighted by Crippen LogP contribution is 2.44. The van der Waals surface area contributed by atoms with Crippen LogP contribution in [-0.4, -0.2) is 38.3 Å². The first-order valence-corrected chi connectivity index (χ1v) is 10.4. The van der Waals surface area contributed by atoms with Gasteiger partial charge in [0, 0.05) is 25.3 Å². The fourth-order valence-electron chi connectivity index (χ4n) is 3.77. The van der Waals surface area contributed by atoms with Gasteiger partial charge in [0.1, 0.15) is 4.90 Å². The van der Waals surface area contributed by atoms with E-state index in [1.165, 1.54) is 10.4 Å². The number of amides is 1. The molecule has 0 aromatic heterocycles. The number of benzene rings is 2. The lowest BCUT2D eigenvalue weighted by Crippen LogP contribution is -2.65. The number of nitrogens with zero attached hydrogens (tertiary/aromatic N) is 2. The van der Waals surface area contributed by atoms with Crippen LogP contribution < -0.4 is 4.90 Å². The number of sulfonamides is 1. The maximum atomic E-state index is 12.8. The van der Waals surface area contributed by atoms with Crippen LogP contribution in [0, 0.1) is 5.41 Å². The molecular weight excluding hydrogens is 372 g/mol. The van der Waals surface area contributed by atoms with Crippen LogP contribution in [0.15, 0.2) is 59.5 Å². The molecule has 0 unspecified atom stereocenters. The Morgan fingerprint density at radius 2 is 1.54 bits per heavy atom. The number of para-hydroxylation sites is 1. The molecule has 0 bridgehead atoms. The van der Waals surface area contributed by atoms with E-state index in [0.29, 0.717) is 32.5 Å². The van der Waals surface area contributed by atoms with Crippen LogP contribution in [0.25, 0.3) is 0 Å². The Kier molecular flexibility index (Phi) is 4.29. The zero-order valence-electron chi connectivity index (χ0n) is 14.1. The van der Waals surface area contributed by atoms with Gasteiger partial charge in [-0.05, 0) is 37.1 Å². The zero-order valence-corrected chi connectivity index (χ0v) is 15.7. The van der Waals surface area contributed by atoms with E-state index in [2.05, 4.69) is 0 Å². The predicted octanol–water partition coefficient (Wildman–Crippen LogP) is 3.16. The van der Waals surface area contributed by atoms with E-state index in [0.717, 1.165) is 5.69 Å². The number of anilines is 1.